The number of fused-ring (bicyclic) bond motifs is 6. The van der Waals surface area contributed by atoms with Crippen LogP contribution in [0.2, 0.25) is 0 Å². The number of benzene rings is 1. The van der Waals surface area contributed by atoms with E-state index >= 15 is 0 Å². The number of rotatable bonds is 3. The molecule has 2 bridgehead atoms. The van der Waals surface area contributed by atoms with Crippen molar-refractivity contribution in [2.45, 2.75) is 39.1 Å². The average Bonchev–Trinajstić information content (AvgIpc) is 3.25. The molecule has 2 aliphatic rings. The van der Waals surface area contributed by atoms with E-state index < -0.39 is 23.7 Å². The smallest absolute Gasteiger partial charge is 0.317 e. The minimum atomic E-state index is -1.16. The summed E-state index contributed by atoms with van der Waals surface area (Å²) in [4.78, 5) is 31.6. The zero-order valence-corrected chi connectivity index (χ0v) is 18.5. The molecule has 0 amide bonds. The van der Waals surface area contributed by atoms with Crippen LogP contribution in [0, 0.1) is 12.8 Å². The molecule has 9 heteroatoms. The summed E-state index contributed by atoms with van der Waals surface area (Å²) in [5, 5.41) is 4.45. The number of carbonyl (C=O) groups excluding carboxylic acids is 1. The quantitative estimate of drug-likeness (QED) is 0.577. The highest BCUT2D eigenvalue weighted by Gasteiger charge is 2.55. The van der Waals surface area contributed by atoms with Crippen LogP contribution in [0.5, 0.6) is 5.75 Å². The molecule has 2 aliphatic heterocycles. The van der Waals surface area contributed by atoms with Crippen molar-refractivity contribution in [1.82, 2.24) is 14.3 Å². The van der Waals surface area contributed by atoms with Crippen LogP contribution in [0.1, 0.15) is 36.7 Å². The van der Waals surface area contributed by atoms with Crippen molar-refractivity contribution < 1.29 is 14.3 Å². The number of hydrogen-bond donors (Lipinski definition) is 0. The van der Waals surface area contributed by atoms with Crippen LogP contribution >= 0.6 is 11.3 Å². The van der Waals surface area contributed by atoms with E-state index in [1.165, 1.54) is 18.4 Å². The SMILES string of the molecule is CCn1cc(C=c2sc3n(c2=O)C2c4ccccc4OC(C)(N=3)C2C(=O)OC)c(C)n1. The third kappa shape index (κ3) is 2.87. The molecule has 0 saturated heterocycles. The number of thiazole rings is 1. The molecule has 3 unspecified atom stereocenters. The normalized spacial score (nSPS) is 24.1. The maximum Gasteiger partial charge on any atom is 0.317 e. The standard InChI is InChI=1S/C22H22N4O4S/c1-5-25-11-13(12(2)24-25)10-16-19(27)26-18-14-8-6-7-9-15(14)30-22(3,23-21(26)31-16)17(18)20(28)29-4/h6-11,17-18H,5H2,1-4H3. The lowest BCUT2D eigenvalue weighted by molar-refractivity contribution is -0.158. The fourth-order valence-corrected chi connectivity index (χ4v) is 5.50. The number of aryl methyl sites for hydroxylation is 2. The molecule has 0 radical (unpaired) electrons. The number of esters is 1. The Hall–Kier alpha value is -3.20. The van der Waals surface area contributed by atoms with Gasteiger partial charge in [0.1, 0.15) is 11.7 Å². The van der Waals surface area contributed by atoms with Crippen molar-refractivity contribution in [2.75, 3.05) is 7.11 Å². The van der Waals surface area contributed by atoms with Crippen LogP contribution in [0.25, 0.3) is 6.08 Å². The van der Waals surface area contributed by atoms with Crippen LogP contribution in [-0.2, 0) is 16.1 Å². The van der Waals surface area contributed by atoms with Gasteiger partial charge in [0.15, 0.2) is 4.80 Å². The van der Waals surface area contributed by atoms with Crippen molar-refractivity contribution in [3.05, 3.63) is 67.0 Å². The van der Waals surface area contributed by atoms with Crippen LogP contribution in [0.15, 0.2) is 40.2 Å². The fourth-order valence-electron chi connectivity index (χ4n) is 4.41. The van der Waals surface area contributed by atoms with Gasteiger partial charge in [0, 0.05) is 23.9 Å². The predicted molar refractivity (Wildman–Crippen MR) is 115 cm³/mol. The van der Waals surface area contributed by atoms with Gasteiger partial charge in [0.2, 0.25) is 5.72 Å². The van der Waals surface area contributed by atoms with Gasteiger partial charge in [-0.1, -0.05) is 29.5 Å². The number of aromatic nitrogens is 3. The monoisotopic (exact) mass is 438 g/mol. The number of hydrogen-bond acceptors (Lipinski definition) is 7. The van der Waals surface area contributed by atoms with E-state index in [4.69, 9.17) is 14.5 Å². The van der Waals surface area contributed by atoms with Gasteiger partial charge in [-0.15, -0.1) is 0 Å². The van der Waals surface area contributed by atoms with E-state index in [1.807, 2.05) is 55.1 Å². The second-order valence-electron chi connectivity index (χ2n) is 7.85. The zero-order valence-electron chi connectivity index (χ0n) is 17.7. The van der Waals surface area contributed by atoms with Gasteiger partial charge >= 0.3 is 5.97 Å². The summed E-state index contributed by atoms with van der Waals surface area (Å²) in [7, 11) is 1.34. The number of carbonyl (C=O) groups is 1. The first-order chi connectivity index (χ1) is 14.9. The lowest BCUT2D eigenvalue weighted by atomic mass is 9.81. The van der Waals surface area contributed by atoms with Gasteiger partial charge in [-0.25, -0.2) is 4.99 Å². The molecule has 2 aromatic heterocycles. The summed E-state index contributed by atoms with van der Waals surface area (Å²) in [6.45, 7) is 6.45. The van der Waals surface area contributed by atoms with E-state index in [0.717, 1.165) is 23.4 Å². The Bertz CT molecular complexity index is 1390. The summed E-state index contributed by atoms with van der Waals surface area (Å²) in [5.74, 6) is -0.613. The number of ether oxygens (including phenoxy) is 2. The first-order valence-electron chi connectivity index (χ1n) is 10.1. The van der Waals surface area contributed by atoms with E-state index in [-0.39, 0.29) is 5.56 Å². The number of methoxy groups -OCH3 is 1. The van der Waals surface area contributed by atoms with Gasteiger partial charge in [0.25, 0.3) is 5.56 Å². The Kier molecular flexibility index (Phi) is 4.40. The summed E-state index contributed by atoms with van der Waals surface area (Å²) in [6.07, 6.45) is 3.76. The number of para-hydroxylation sites is 1. The lowest BCUT2D eigenvalue weighted by Gasteiger charge is -2.44. The van der Waals surface area contributed by atoms with Crippen molar-refractivity contribution in [2.24, 2.45) is 10.9 Å². The molecule has 0 saturated carbocycles. The van der Waals surface area contributed by atoms with Crippen molar-refractivity contribution >= 4 is 23.4 Å². The van der Waals surface area contributed by atoms with Gasteiger partial charge < -0.3 is 9.47 Å². The molecule has 8 nitrogen and oxygen atoms in total. The number of nitrogens with zero attached hydrogens (tertiary/aromatic N) is 4. The molecule has 160 valence electrons. The van der Waals surface area contributed by atoms with Crippen LogP contribution in [-0.4, -0.2) is 33.2 Å². The minimum absolute atomic E-state index is 0.190. The molecule has 3 atom stereocenters. The van der Waals surface area contributed by atoms with Crippen molar-refractivity contribution in [1.29, 1.82) is 0 Å². The summed E-state index contributed by atoms with van der Waals surface area (Å²) < 4.78 is 15.3. The Morgan fingerprint density at radius 2 is 2.16 bits per heavy atom. The molecule has 0 N–H and O–H groups in total. The highest BCUT2D eigenvalue weighted by Crippen LogP contribution is 2.47. The molecule has 31 heavy (non-hydrogen) atoms. The van der Waals surface area contributed by atoms with Crippen molar-refractivity contribution in [3.8, 4) is 5.75 Å². The van der Waals surface area contributed by atoms with Gasteiger partial charge in [0.05, 0.1) is 23.4 Å². The van der Waals surface area contributed by atoms with E-state index in [0.29, 0.717) is 15.1 Å². The fraction of sp³-hybridized carbons (Fsp3) is 0.364. The predicted octanol–water partition coefficient (Wildman–Crippen LogP) is 1.38. The van der Waals surface area contributed by atoms with Gasteiger partial charge in [-0.05, 0) is 32.9 Å². The van der Waals surface area contributed by atoms with Gasteiger partial charge in [-0.3, -0.25) is 18.8 Å². The average molecular weight is 439 g/mol. The van der Waals surface area contributed by atoms with Gasteiger partial charge in [-0.2, -0.15) is 5.10 Å². The molecule has 3 aromatic rings. The molecule has 0 aliphatic carbocycles. The molecular weight excluding hydrogens is 416 g/mol. The molecular formula is C22H22N4O4S. The first kappa shape index (κ1) is 19.7. The minimum Gasteiger partial charge on any atom is -0.469 e. The maximum absolute atomic E-state index is 13.5. The largest absolute Gasteiger partial charge is 0.469 e. The molecule has 0 spiro atoms. The maximum atomic E-state index is 13.5. The second-order valence-corrected chi connectivity index (χ2v) is 8.86. The molecule has 1 aromatic carbocycles. The Morgan fingerprint density at radius 1 is 1.39 bits per heavy atom. The third-order valence-corrected chi connectivity index (χ3v) is 6.91. The molecule has 5 rings (SSSR count). The van der Waals surface area contributed by atoms with Crippen LogP contribution < -0.4 is 19.6 Å². The van der Waals surface area contributed by atoms with E-state index in [2.05, 4.69) is 5.10 Å². The Labute approximate surface area is 182 Å². The van der Waals surface area contributed by atoms with Crippen LogP contribution in [0.4, 0.5) is 0 Å². The summed E-state index contributed by atoms with van der Waals surface area (Å²) >= 11 is 1.29. The second kappa shape index (κ2) is 6.91. The first-order valence-corrected chi connectivity index (χ1v) is 10.9. The highest BCUT2D eigenvalue weighted by atomic mass is 32.1. The molecule has 0 fully saturated rings. The summed E-state index contributed by atoms with van der Waals surface area (Å²) in [6, 6.07) is 6.90. The highest BCUT2D eigenvalue weighted by molar-refractivity contribution is 7.07. The zero-order chi connectivity index (χ0) is 21.9. The van der Waals surface area contributed by atoms with Crippen LogP contribution in [0.3, 0.4) is 0 Å². The third-order valence-electron chi connectivity index (χ3n) is 5.93. The Morgan fingerprint density at radius 3 is 2.87 bits per heavy atom. The molecule has 4 heterocycles. The van der Waals surface area contributed by atoms with Crippen molar-refractivity contribution in [3.63, 3.8) is 0 Å². The topological polar surface area (TPSA) is 87.7 Å². The van der Waals surface area contributed by atoms with E-state index in [9.17, 15) is 9.59 Å². The van der Waals surface area contributed by atoms with E-state index in [1.54, 1.807) is 11.5 Å². The lowest BCUT2D eigenvalue weighted by Crippen LogP contribution is -2.58. The summed E-state index contributed by atoms with van der Waals surface area (Å²) in [5.41, 5.74) is 1.15. The Balaban J connectivity index is 1.78.